The Balaban J connectivity index is 2.02. The number of benzene rings is 3. The van der Waals surface area contributed by atoms with Crippen LogP contribution in [0.2, 0.25) is 5.02 Å². The summed E-state index contributed by atoms with van der Waals surface area (Å²) in [5.74, 6) is 0.721. The van der Waals surface area contributed by atoms with Crippen molar-refractivity contribution in [3.8, 4) is 23.1 Å². The van der Waals surface area contributed by atoms with Crippen LogP contribution in [0.4, 0.5) is 11.4 Å². The van der Waals surface area contributed by atoms with Crippen LogP contribution in [-0.4, -0.2) is 12.1 Å². The van der Waals surface area contributed by atoms with Crippen molar-refractivity contribution in [3.63, 3.8) is 0 Å². The van der Waals surface area contributed by atoms with Crippen molar-refractivity contribution in [2.24, 2.45) is 0 Å². The van der Waals surface area contributed by atoms with Crippen LogP contribution in [0.15, 0.2) is 60.7 Å². The minimum Gasteiger partial charge on any atom is -0.496 e. The van der Waals surface area contributed by atoms with Crippen molar-refractivity contribution >= 4 is 33.9 Å². The molecular weight excluding hydrogens is 394 g/mol. The number of anilines is 2. The summed E-state index contributed by atoms with van der Waals surface area (Å²) in [6.07, 6.45) is 0. The zero-order valence-corrected chi connectivity index (χ0v) is 17.7. The maximum Gasteiger partial charge on any atom is 0.123 e. The molecule has 1 heterocycles. The Hall–Kier alpha value is -3.55. The number of methoxy groups -OCH3 is 1. The standard InChI is InChI=1S/C25H20ClN3O/c1-15-8-7-11-20-23(15)25(29-21-13-22(30-3)16(2)12-19(21)26)18(14-27)24(28-20)17-9-5-4-6-10-17/h4-13H,1-3H3,(H,28,29). The van der Waals surface area contributed by atoms with E-state index in [4.69, 9.17) is 21.3 Å². The molecule has 4 nitrogen and oxygen atoms in total. The highest BCUT2D eigenvalue weighted by atomic mass is 35.5. The molecule has 0 aliphatic heterocycles. The number of hydrogen-bond acceptors (Lipinski definition) is 4. The van der Waals surface area contributed by atoms with Crippen LogP contribution in [0.3, 0.4) is 0 Å². The molecule has 0 radical (unpaired) electrons. The predicted molar refractivity (Wildman–Crippen MR) is 123 cm³/mol. The lowest BCUT2D eigenvalue weighted by molar-refractivity contribution is 0.412. The maximum atomic E-state index is 10.1. The third-order valence-electron chi connectivity index (χ3n) is 5.12. The SMILES string of the molecule is COc1cc(Nc2c(C#N)c(-c3ccccc3)nc3cccc(C)c23)c(Cl)cc1C. The second-order valence-electron chi connectivity index (χ2n) is 7.08. The van der Waals surface area contributed by atoms with E-state index in [1.54, 1.807) is 7.11 Å². The van der Waals surface area contributed by atoms with Gasteiger partial charge < -0.3 is 10.1 Å². The summed E-state index contributed by atoms with van der Waals surface area (Å²) < 4.78 is 5.46. The van der Waals surface area contributed by atoms with E-state index in [0.29, 0.717) is 27.7 Å². The van der Waals surface area contributed by atoms with Gasteiger partial charge in [0.1, 0.15) is 17.4 Å². The minimum atomic E-state index is 0.471. The number of hydrogen-bond donors (Lipinski definition) is 1. The Morgan fingerprint density at radius 1 is 1.00 bits per heavy atom. The van der Waals surface area contributed by atoms with Crippen molar-refractivity contribution in [1.82, 2.24) is 4.98 Å². The molecule has 0 fully saturated rings. The van der Waals surface area contributed by atoms with E-state index in [2.05, 4.69) is 11.4 Å². The van der Waals surface area contributed by atoms with Gasteiger partial charge in [-0.05, 0) is 37.1 Å². The Morgan fingerprint density at radius 2 is 1.77 bits per heavy atom. The number of nitrogens with one attached hydrogen (secondary N) is 1. The van der Waals surface area contributed by atoms with E-state index >= 15 is 0 Å². The summed E-state index contributed by atoms with van der Waals surface area (Å²) in [5, 5.41) is 15.0. The Kier molecular flexibility index (Phi) is 5.31. The van der Waals surface area contributed by atoms with Crippen molar-refractivity contribution in [1.29, 1.82) is 5.26 Å². The van der Waals surface area contributed by atoms with Crippen LogP contribution in [0.25, 0.3) is 22.2 Å². The van der Waals surface area contributed by atoms with Gasteiger partial charge in [-0.2, -0.15) is 5.26 Å². The average molecular weight is 414 g/mol. The fourth-order valence-corrected chi connectivity index (χ4v) is 3.90. The molecule has 0 aliphatic rings. The second-order valence-corrected chi connectivity index (χ2v) is 7.49. The largest absolute Gasteiger partial charge is 0.496 e. The van der Waals surface area contributed by atoms with Crippen LogP contribution in [0.1, 0.15) is 16.7 Å². The van der Waals surface area contributed by atoms with E-state index in [9.17, 15) is 5.26 Å². The number of aromatic nitrogens is 1. The molecule has 1 N–H and O–H groups in total. The van der Waals surface area contributed by atoms with E-state index in [1.165, 1.54) is 0 Å². The number of halogens is 1. The molecule has 1 aromatic heterocycles. The third-order valence-corrected chi connectivity index (χ3v) is 5.44. The zero-order chi connectivity index (χ0) is 21.3. The predicted octanol–water partition coefficient (Wildman–Crippen LogP) is 6.80. The first-order chi connectivity index (χ1) is 14.5. The average Bonchev–Trinajstić information content (AvgIpc) is 2.75. The van der Waals surface area contributed by atoms with Crippen molar-refractivity contribution in [2.45, 2.75) is 13.8 Å². The molecule has 30 heavy (non-hydrogen) atoms. The van der Waals surface area contributed by atoms with Crippen LogP contribution < -0.4 is 10.1 Å². The number of nitrogens with zero attached hydrogens (tertiary/aromatic N) is 2. The smallest absolute Gasteiger partial charge is 0.123 e. The first-order valence-corrected chi connectivity index (χ1v) is 9.91. The number of ether oxygens (including phenoxy) is 1. The highest BCUT2D eigenvalue weighted by Crippen LogP contribution is 2.39. The molecular formula is C25H20ClN3O. The summed E-state index contributed by atoms with van der Waals surface area (Å²) in [6, 6.07) is 21.7. The summed E-state index contributed by atoms with van der Waals surface area (Å²) in [5.41, 5.74) is 6.12. The lowest BCUT2D eigenvalue weighted by atomic mass is 9.98. The summed E-state index contributed by atoms with van der Waals surface area (Å²) in [6.45, 7) is 3.95. The lowest BCUT2D eigenvalue weighted by Crippen LogP contribution is -2.02. The van der Waals surface area contributed by atoms with Gasteiger partial charge in [-0.3, -0.25) is 0 Å². The lowest BCUT2D eigenvalue weighted by Gasteiger charge is -2.18. The molecule has 148 valence electrons. The van der Waals surface area contributed by atoms with E-state index in [-0.39, 0.29) is 0 Å². The van der Waals surface area contributed by atoms with Gasteiger partial charge in [0.15, 0.2) is 0 Å². The molecule has 0 atom stereocenters. The fourth-order valence-electron chi connectivity index (χ4n) is 3.63. The normalized spacial score (nSPS) is 10.6. The number of nitriles is 1. The first kappa shape index (κ1) is 19.8. The molecule has 5 heteroatoms. The molecule has 0 unspecified atom stereocenters. The molecule has 0 aliphatic carbocycles. The van der Waals surface area contributed by atoms with E-state index < -0.39 is 0 Å². The van der Waals surface area contributed by atoms with Gasteiger partial charge in [-0.1, -0.05) is 54.1 Å². The first-order valence-electron chi connectivity index (χ1n) is 9.53. The van der Waals surface area contributed by atoms with Crippen LogP contribution in [-0.2, 0) is 0 Å². The number of rotatable bonds is 4. The summed E-state index contributed by atoms with van der Waals surface area (Å²) >= 11 is 6.54. The van der Waals surface area contributed by atoms with Gasteiger partial charge in [-0.15, -0.1) is 0 Å². The topological polar surface area (TPSA) is 57.9 Å². The summed E-state index contributed by atoms with van der Waals surface area (Å²) in [7, 11) is 1.63. The highest BCUT2D eigenvalue weighted by Gasteiger charge is 2.19. The number of fused-ring (bicyclic) bond motifs is 1. The van der Waals surface area contributed by atoms with E-state index in [0.717, 1.165) is 33.3 Å². The van der Waals surface area contributed by atoms with Gasteiger partial charge in [0.05, 0.1) is 34.7 Å². The van der Waals surface area contributed by atoms with Crippen molar-refractivity contribution in [3.05, 3.63) is 82.4 Å². The maximum absolute atomic E-state index is 10.1. The van der Waals surface area contributed by atoms with Crippen LogP contribution in [0.5, 0.6) is 5.75 Å². The quantitative estimate of drug-likeness (QED) is 0.400. The molecule has 0 saturated heterocycles. The minimum absolute atomic E-state index is 0.471. The molecule has 0 spiro atoms. The number of pyridine rings is 1. The van der Waals surface area contributed by atoms with Gasteiger partial charge in [0, 0.05) is 17.0 Å². The fraction of sp³-hybridized carbons (Fsp3) is 0.120. The Morgan fingerprint density at radius 3 is 2.47 bits per heavy atom. The molecule has 0 saturated carbocycles. The van der Waals surface area contributed by atoms with Crippen LogP contribution in [0, 0.1) is 25.2 Å². The zero-order valence-electron chi connectivity index (χ0n) is 17.0. The second kappa shape index (κ2) is 8.06. The molecule has 4 rings (SSSR count). The molecule has 4 aromatic rings. The number of aryl methyl sites for hydroxylation is 2. The van der Waals surface area contributed by atoms with Gasteiger partial charge in [-0.25, -0.2) is 4.98 Å². The van der Waals surface area contributed by atoms with Gasteiger partial charge in [0.25, 0.3) is 0 Å². The van der Waals surface area contributed by atoms with Crippen LogP contribution >= 0.6 is 11.6 Å². The van der Waals surface area contributed by atoms with Crippen molar-refractivity contribution < 1.29 is 4.74 Å². The van der Waals surface area contributed by atoms with Crippen molar-refractivity contribution in [2.75, 3.05) is 12.4 Å². The molecule has 3 aromatic carbocycles. The summed E-state index contributed by atoms with van der Waals surface area (Å²) in [4.78, 5) is 4.83. The Labute approximate surface area is 180 Å². The van der Waals surface area contributed by atoms with Gasteiger partial charge in [0.2, 0.25) is 0 Å². The van der Waals surface area contributed by atoms with E-state index in [1.807, 2.05) is 74.5 Å². The molecule has 0 amide bonds. The van der Waals surface area contributed by atoms with Gasteiger partial charge >= 0.3 is 0 Å². The monoisotopic (exact) mass is 413 g/mol. The third kappa shape index (κ3) is 3.45. The highest BCUT2D eigenvalue weighted by molar-refractivity contribution is 6.33. The Bertz CT molecular complexity index is 1290. The molecule has 0 bridgehead atoms.